The summed E-state index contributed by atoms with van der Waals surface area (Å²) in [6, 6.07) is 12.0. The fourth-order valence-corrected chi connectivity index (χ4v) is 3.65. The van der Waals surface area contributed by atoms with Crippen LogP contribution >= 0.6 is 0 Å². The summed E-state index contributed by atoms with van der Waals surface area (Å²) in [6.07, 6.45) is -3.11. The van der Waals surface area contributed by atoms with Crippen molar-refractivity contribution in [2.24, 2.45) is 0 Å². The molecule has 1 aliphatic heterocycles. The van der Waals surface area contributed by atoms with Gasteiger partial charge in [0.25, 0.3) is 5.91 Å². The molecule has 0 saturated carbocycles. The summed E-state index contributed by atoms with van der Waals surface area (Å²) in [5, 5.41) is 13.5. The van der Waals surface area contributed by atoms with Crippen molar-refractivity contribution in [1.29, 1.82) is 0 Å². The van der Waals surface area contributed by atoms with Gasteiger partial charge >= 0.3 is 12.1 Å². The number of tetrazole rings is 1. The molecule has 0 aliphatic carbocycles. The van der Waals surface area contributed by atoms with E-state index in [2.05, 4.69) is 20.8 Å². The molecular formula is C24H23F3N6O4. The molecule has 13 heteroatoms. The van der Waals surface area contributed by atoms with E-state index in [4.69, 9.17) is 9.47 Å². The standard InChI is InChI=1S/C24H23F3N6O4/c1-16-29-30-31-33(16)21(13-17-5-3-2-4-6-17)23(35)37-15-22(34)28-19-14-18(24(25,26)27)7-8-20(19)32-9-11-36-12-10-32/h2-8,13-14H,9-12,15H2,1H3,(H,28,34)/b21-13+. The molecule has 37 heavy (non-hydrogen) atoms. The van der Waals surface area contributed by atoms with Gasteiger partial charge in [0.05, 0.1) is 30.2 Å². The maximum atomic E-state index is 13.3. The van der Waals surface area contributed by atoms with Crippen molar-refractivity contribution in [2.45, 2.75) is 13.1 Å². The number of carbonyl (C=O) groups excluding carboxylic acids is 2. The van der Waals surface area contributed by atoms with Gasteiger partial charge in [-0.1, -0.05) is 30.3 Å². The second kappa shape index (κ2) is 11.2. The summed E-state index contributed by atoms with van der Waals surface area (Å²) >= 11 is 0. The summed E-state index contributed by atoms with van der Waals surface area (Å²) in [5.41, 5.74) is 0.0561. The molecule has 1 aromatic heterocycles. The third-order valence-electron chi connectivity index (χ3n) is 5.45. The molecule has 0 unspecified atom stereocenters. The fourth-order valence-electron chi connectivity index (χ4n) is 3.65. The van der Waals surface area contributed by atoms with Crippen LogP contribution in [0, 0.1) is 6.92 Å². The van der Waals surface area contributed by atoms with E-state index in [9.17, 15) is 22.8 Å². The molecule has 1 aliphatic rings. The van der Waals surface area contributed by atoms with Gasteiger partial charge in [-0.25, -0.2) is 4.79 Å². The number of amides is 1. The maximum absolute atomic E-state index is 13.3. The van der Waals surface area contributed by atoms with Gasteiger partial charge in [0.15, 0.2) is 18.1 Å². The number of halogens is 3. The first-order valence-electron chi connectivity index (χ1n) is 11.3. The SMILES string of the molecule is Cc1nnnn1/C(=C/c1ccccc1)C(=O)OCC(=O)Nc1cc(C(F)(F)F)ccc1N1CCOCC1. The highest BCUT2D eigenvalue weighted by molar-refractivity contribution is 6.15. The van der Waals surface area contributed by atoms with Gasteiger partial charge < -0.3 is 19.7 Å². The molecule has 0 radical (unpaired) electrons. The second-order valence-corrected chi connectivity index (χ2v) is 8.03. The number of hydrogen-bond acceptors (Lipinski definition) is 8. The normalized spacial score (nSPS) is 14.4. The van der Waals surface area contributed by atoms with Gasteiger partial charge in [0.1, 0.15) is 0 Å². The third-order valence-corrected chi connectivity index (χ3v) is 5.45. The lowest BCUT2D eigenvalue weighted by Crippen LogP contribution is -2.37. The number of hydrogen-bond donors (Lipinski definition) is 1. The highest BCUT2D eigenvalue weighted by atomic mass is 19.4. The van der Waals surface area contributed by atoms with Crippen molar-refractivity contribution in [2.75, 3.05) is 43.1 Å². The quantitative estimate of drug-likeness (QED) is 0.377. The van der Waals surface area contributed by atoms with Crippen molar-refractivity contribution in [1.82, 2.24) is 20.2 Å². The van der Waals surface area contributed by atoms with E-state index in [0.717, 1.165) is 16.8 Å². The lowest BCUT2D eigenvalue weighted by atomic mass is 10.1. The van der Waals surface area contributed by atoms with Crippen LogP contribution in [-0.2, 0) is 25.2 Å². The minimum absolute atomic E-state index is 0.0467. The van der Waals surface area contributed by atoms with E-state index in [1.54, 1.807) is 37.3 Å². The smallest absolute Gasteiger partial charge is 0.416 e. The van der Waals surface area contributed by atoms with Gasteiger partial charge in [-0.2, -0.15) is 17.9 Å². The number of aryl methyl sites for hydroxylation is 1. The van der Waals surface area contributed by atoms with E-state index < -0.39 is 30.2 Å². The van der Waals surface area contributed by atoms with Crippen LogP contribution in [0.2, 0.25) is 0 Å². The molecule has 1 amide bonds. The lowest BCUT2D eigenvalue weighted by Gasteiger charge is -2.31. The first-order valence-corrected chi connectivity index (χ1v) is 11.3. The molecule has 3 aromatic rings. The Labute approximate surface area is 209 Å². The van der Waals surface area contributed by atoms with E-state index in [1.165, 1.54) is 12.1 Å². The van der Waals surface area contributed by atoms with Crippen LogP contribution in [0.3, 0.4) is 0 Å². The first kappa shape index (κ1) is 25.8. The summed E-state index contributed by atoms with van der Waals surface area (Å²) in [7, 11) is 0. The average Bonchev–Trinajstić information content (AvgIpc) is 3.31. The van der Waals surface area contributed by atoms with Gasteiger partial charge in [-0.15, -0.1) is 5.10 Å². The fraction of sp³-hybridized carbons (Fsp3) is 0.292. The largest absolute Gasteiger partial charge is 0.451 e. The number of nitrogens with one attached hydrogen (secondary N) is 1. The van der Waals surface area contributed by atoms with Crippen LogP contribution in [0.25, 0.3) is 11.8 Å². The van der Waals surface area contributed by atoms with Crippen LogP contribution in [0.15, 0.2) is 48.5 Å². The molecule has 1 N–H and O–H groups in total. The van der Waals surface area contributed by atoms with Gasteiger partial charge in [0.2, 0.25) is 0 Å². The monoisotopic (exact) mass is 516 g/mol. The Hall–Kier alpha value is -4.26. The lowest BCUT2D eigenvalue weighted by molar-refractivity contribution is -0.141. The molecule has 1 fully saturated rings. The molecule has 0 bridgehead atoms. The van der Waals surface area contributed by atoms with Crippen molar-refractivity contribution >= 4 is 35.0 Å². The van der Waals surface area contributed by atoms with E-state index in [1.807, 2.05) is 4.90 Å². The molecule has 10 nitrogen and oxygen atoms in total. The maximum Gasteiger partial charge on any atom is 0.416 e. The molecule has 0 spiro atoms. The first-order chi connectivity index (χ1) is 17.7. The number of esters is 1. The average molecular weight is 516 g/mol. The van der Waals surface area contributed by atoms with Crippen molar-refractivity contribution in [3.05, 3.63) is 65.5 Å². The van der Waals surface area contributed by atoms with Crippen molar-refractivity contribution < 1.29 is 32.2 Å². The molecule has 194 valence electrons. The van der Waals surface area contributed by atoms with Crippen LogP contribution in [0.4, 0.5) is 24.5 Å². The highest BCUT2D eigenvalue weighted by Gasteiger charge is 2.32. The molecule has 2 heterocycles. The number of carbonyl (C=O) groups is 2. The topological polar surface area (TPSA) is 111 Å². The minimum Gasteiger partial charge on any atom is -0.451 e. The molecule has 1 saturated heterocycles. The Morgan fingerprint density at radius 2 is 1.86 bits per heavy atom. The van der Waals surface area contributed by atoms with Crippen LogP contribution in [0.5, 0.6) is 0 Å². The Morgan fingerprint density at radius 1 is 1.14 bits per heavy atom. The molecule has 2 aromatic carbocycles. The second-order valence-electron chi connectivity index (χ2n) is 8.03. The third kappa shape index (κ3) is 6.50. The Morgan fingerprint density at radius 3 is 2.51 bits per heavy atom. The van der Waals surface area contributed by atoms with Gasteiger partial charge in [-0.05, 0) is 47.2 Å². The zero-order chi connectivity index (χ0) is 26.4. The van der Waals surface area contributed by atoms with E-state index >= 15 is 0 Å². The van der Waals surface area contributed by atoms with Crippen LogP contribution < -0.4 is 10.2 Å². The van der Waals surface area contributed by atoms with Crippen LogP contribution in [-0.4, -0.2) is 65.0 Å². The summed E-state index contributed by atoms with van der Waals surface area (Å²) < 4.78 is 51.6. The van der Waals surface area contributed by atoms with Crippen molar-refractivity contribution in [3.8, 4) is 0 Å². The number of benzene rings is 2. The van der Waals surface area contributed by atoms with Crippen LogP contribution in [0.1, 0.15) is 17.0 Å². The molecule has 4 rings (SSSR count). The number of nitrogens with zero attached hydrogens (tertiary/aromatic N) is 5. The number of morpholine rings is 1. The number of aromatic nitrogens is 4. The Balaban J connectivity index is 1.51. The minimum atomic E-state index is -4.60. The molecule has 0 atom stereocenters. The number of alkyl halides is 3. The predicted molar refractivity (Wildman–Crippen MR) is 127 cm³/mol. The number of anilines is 2. The van der Waals surface area contributed by atoms with Gasteiger partial charge in [-0.3, -0.25) is 4.79 Å². The summed E-state index contributed by atoms with van der Waals surface area (Å²) in [5.74, 6) is -1.40. The van der Waals surface area contributed by atoms with Crippen molar-refractivity contribution in [3.63, 3.8) is 0 Å². The zero-order valence-corrected chi connectivity index (χ0v) is 19.7. The number of rotatable bonds is 7. The zero-order valence-electron chi connectivity index (χ0n) is 19.7. The van der Waals surface area contributed by atoms with E-state index in [0.29, 0.717) is 43.4 Å². The predicted octanol–water partition coefficient (Wildman–Crippen LogP) is 3.02. The Kier molecular flexibility index (Phi) is 7.82. The summed E-state index contributed by atoms with van der Waals surface area (Å²) in [6.45, 7) is 2.53. The summed E-state index contributed by atoms with van der Waals surface area (Å²) in [4.78, 5) is 27.4. The molecular weight excluding hydrogens is 493 g/mol. The number of ether oxygens (including phenoxy) is 2. The highest BCUT2D eigenvalue weighted by Crippen LogP contribution is 2.35. The van der Waals surface area contributed by atoms with E-state index in [-0.39, 0.29) is 11.4 Å². The Bertz CT molecular complexity index is 1290. The van der Waals surface area contributed by atoms with Gasteiger partial charge in [0, 0.05) is 13.1 Å².